The number of furan rings is 1. The summed E-state index contributed by atoms with van der Waals surface area (Å²) >= 11 is 0. The zero-order valence-electron chi connectivity index (χ0n) is 15.1. The maximum absolute atomic E-state index is 12.4. The predicted octanol–water partition coefficient (Wildman–Crippen LogP) is 1.31. The van der Waals surface area contributed by atoms with Crippen LogP contribution in [0.5, 0.6) is 0 Å². The maximum atomic E-state index is 12.4. The SMILES string of the molecule is C/C=C/CN1C[C@@H](NC(=O)c2ccc(COC)o2)C[C@H]1C(=O)NCC. The molecule has 7 nitrogen and oxygen atoms in total. The summed E-state index contributed by atoms with van der Waals surface area (Å²) < 4.78 is 10.4. The van der Waals surface area contributed by atoms with Crippen molar-refractivity contribution < 1.29 is 18.7 Å². The number of hydrogen-bond acceptors (Lipinski definition) is 5. The van der Waals surface area contributed by atoms with Gasteiger partial charge in [0.2, 0.25) is 5.91 Å². The van der Waals surface area contributed by atoms with Gasteiger partial charge in [0.15, 0.2) is 5.76 Å². The van der Waals surface area contributed by atoms with E-state index in [-0.39, 0.29) is 29.7 Å². The van der Waals surface area contributed by atoms with Gasteiger partial charge in [-0.25, -0.2) is 0 Å². The van der Waals surface area contributed by atoms with E-state index in [2.05, 4.69) is 15.5 Å². The van der Waals surface area contributed by atoms with Gasteiger partial charge in [0.05, 0.1) is 6.04 Å². The molecule has 1 fully saturated rings. The molecular weight excluding hydrogens is 322 g/mol. The molecule has 2 rings (SSSR count). The van der Waals surface area contributed by atoms with Gasteiger partial charge < -0.3 is 19.8 Å². The molecule has 1 aromatic heterocycles. The van der Waals surface area contributed by atoms with Crippen molar-refractivity contribution >= 4 is 11.8 Å². The molecular formula is C18H27N3O4. The lowest BCUT2D eigenvalue weighted by molar-refractivity contribution is -0.125. The van der Waals surface area contributed by atoms with Crippen LogP contribution in [-0.2, 0) is 16.1 Å². The maximum Gasteiger partial charge on any atom is 0.287 e. The number of hydrogen-bond donors (Lipinski definition) is 2. The highest BCUT2D eigenvalue weighted by Gasteiger charge is 2.36. The first kappa shape index (κ1) is 19.2. The summed E-state index contributed by atoms with van der Waals surface area (Å²) in [5.74, 6) is 0.599. The summed E-state index contributed by atoms with van der Waals surface area (Å²) in [5, 5.41) is 5.83. The summed E-state index contributed by atoms with van der Waals surface area (Å²) in [6.45, 7) is 6.08. The fourth-order valence-electron chi connectivity index (χ4n) is 2.99. The zero-order chi connectivity index (χ0) is 18.2. The molecule has 0 bridgehead atoms. The standard InChI is InChI=1S/C18H27N3O4/c1-4-6-9-21-11-13(10-15(21)17(22)19-5-2)20-18(23)16-8-7-14(25-16)12-24-3/h4,6-8,13,15H,5,9-12H2,1-3H3,(H,19,22)(H,20,23)/b6-4+/t13-,15-/m0/s1. The normalized spacial score (nSPS) is 20.9. The van der Waals surface area contributed by atoms with E-state index in [9.17, 15) is 9.59 Å². The molecule has 1 saturated heterocycles. The van der Waals surface area contributed by atoms with Crippen LogP contribution in [-0.4, -0.2) is 55.5 Å². The molecule has 0 aliphatic carbocycles. The topological polar surface area (TPSA) is 83.8 Å². The first-order chi connectivity index (χ1) is 12.1. The minimum absolute atomic E-state index is 0.00383. The second-order valence-corrected chi connectivity index (χ2v) is 6.04. The van der Waals surface area contributed by atoms with Crippen molar-refractivity contribution in [1.82, 2.24) is 15.5 Å². The number of rotatable bonds is 8. The Morgan fingerprint density at radius 1 is 1.44 bits per heavy atom. The second kappa shape index (κ2) is 9.39. The fourth-order valence-corrected chi connectivity index (χ4v) is 2.99. The Kier molecular flexibility index (Phi) is 7.21. The van der Waals surface area contributed by atoms with E-state index in [0.717, 1.165) is 0 Å². The third-order valence-electron chi connectivity index (χ3n) is 4.14. The van der Waals surface area contributed by atoms with Crippen molar-refractivity contribution in [1.29, 1.82) is 0 Å². The van der Waals surface area contributed by atoms with E-state index in [1.807, 2.05) is 26.0 Å². The van der Waals surface area contributed by atoms with Crippen molar-refractivity contribution in [3.05, 3.63) is 35.8 Å². The number of allylic oxidation sites excluding steroid dienone is 1. The highest BCUT2D eigenvalue weighted by atomic mass is 16.5. The molecule has 0 spiro atoms. The van der Waals surface area contributed by atoms with E-state index in [1.165, 1.54) is 0 Å². The van der Waals surface area contributed by atoms with Crippen LogP contribution in [0.2, 0.25) is 0 Å². The molecule has 2 heterocycles. The van der Waals surface area contributed by atoms with Gasteiger partial charge in [-0.3, -0.25) is 14.5 Å². The highest BCUT2D eigenvalue weighted by Crippen LogP contribution is 2.19. The van der Waals surface area contributed by atoms with Gasteiger partial charge in [-0.15, -0.1) is 0 Å². The number of nitrogens with zero attached hydrogens (tertiary/aromatic N) is 1. The minimum atomic E-state index is -0.269. The monoisotopic (exact) mass is 349 g/mol. The van der Waals surface area contributed by atoms with Gasteiger partial charge in [0, 0.05) is 32.8 Å². The smallest absolute Gasteiger partial charge is 0.287 e. The van der Waals surface area contributed by atoms with Gasteiger partial charge in [-0.05, 0) is 32.4 Å². The van der Waals surface area contributed by atoms with Crippen LogP contribution in [0.4, 0.5) is 0 Å². The van der Waals surface area contributed by atoms with Gasteiger partial charge in [-0.2, -0.15) is 0 Å². The first-order valence-electron chi connectivity index (χ1n) is 8.60. The number of ether oxygens (including phenoxy) is 1. The quantitative estimate of drug-likeness (QED) is 0.692. The van der Waals surface area contributed by atoms with Crippen LogP contribution in [0.15, 0.2) is 28.7 Å². The van der Waals surface area contributed by atoms with Crippen LogP contribution in [0.1, 0.15) is 36.6 Å². The van der Waals surface area contributed by atoms with E-state index in [0.29, 0.717) is 38.4 Å². The lowest BCUT2D eigenvalue weighted by atomic mass is 10.1. The molecule has 7 heteroatoms. The van der Waals surface area contributed by atoms with E-state index in [1.54, 1.807) is 19.2 Å². The van der Waals surface area contributed by atoms with Crippen LogP contribution in [0.25, 0.3) is 0 Å². The van der Waals surface area contributed by atoms with Crippen molar-refractivity contribution in [3.8, 4) is 0 Å². The summed E-state index contributed by atoms with van der Waals surface area (Å²) in [6, 6.07) is 3.03. The summed E-state index contributed by atoms with van der Waals surface area (Å²) in [4.78, 5) is 26.7. The molecule has 0 aromatic carbocycles. The highest BCUT2D eigenvalue weighted by molar-refractivity contribution is 5.92. The van der Waals surface area contributed by atoms with Gasteiger partial charge in [0.25, 0.3) is 5.91 Å². The molecule has 25 heavy (non-hydrogen) atoms. The third-order valence-corrected chi connectivity index (χ3v) is 4.14. The Morgan fingerprint density at radius 2 is 2.24 bits per heavy atom. The number of amides is 2. The molecule has 1 aliphatic rings. The van der Waals surface area contributed by atoms with Gasteiger partial charge in [0.1, 0.15) is 12.4 Å². The molecule has 138 valence electrons. The van der Waals surface area contributed by atoms with Crippen LogP contribution < -0.4 is 10.6 Å². The lowest BCUT2D eigenvalue weighted by Crippen LogP contribution is -2.43. The van der Waals surface area contributed by atoms with Crippen molar-refractivity contribution in [2.45, 2.75) is 39.0 Å². The Balaban J connectivity index is 1.98. The predicted molar refractivity (Wildman–Crippen MR) is 94.2 cm³/mol. The van der Waals surface area contributed by atoms with E-state index >= 15 is 0 Å². The Bertz CT molecular complexity index is 611. The molecule has 1 aromatic rings. The Morgan fingerprint density at radius 3 is 2.92 bits per heavy atom. The summed E-state index contributed by atoms with van der Waals surface area (Å²) in [5.41, 5.74) is 0. The van der Waals surface area contributed by atoms with Crippen LogP contribution in [0, 0.1) is 0 Å². The number of likely N-dealkylation sites (N-methyl/N-ethyl adjacent to an activating group) is 1. The average molecular weight is 349 g/mol. The molecule has 0 radical (unpaired) electrons. The van der Waals surface area contributed by atoms with Gasteiger partial charge >= 0.3 is 0 Å². The van der Waals surface area contributed by atoms with Crippen molar-refractivity contribution in [3.63, 3.8) is 0 Å². The van der Waals surface area contributed by atoms with Crippen LogP contribution >= 0.6 is 0 Å². The van der Waals surface area contributed by atoms with Crippen molar-refractivity contribution in [2.75, 3.05) is 26.7 Å². The number of carbonyl (C=O) groups is 2. The number of likely N-dealkylation sites (tertiary alicyclic amines) is 1. The van der Waals surface area contributed by atoms with E-state index < -0.39 is 0 Å². The minimum Gasteiger partial charge on any atom is -0.453 e. The largest absolute Gasteiger partial charge is 0.453 e. The fraction of sp³-hybridized carbons (Fsp3) is 0.556. The Hall–Kier alpha value is -2.12. The lowest BCUT2D eigenvalue weighted by Gasteiger charge is -2.21. The Labute approximate surface area is 148 Å². The number of nitrogens with one attached hydrogen (secondary N) is 2. The van der Waals surface area contributed by atoms with Crippen LogP contribution in [0.3, 0.4) is 0 Å². The molecule has 0 saturated carbocycles. The zero-order valence-corrected chi connectivity index (χ0v) is 15.1. The first-order valence-corrected chi connectivity index (χ1v) is 8.60. The second-order valence-electron chi connectivity index (χ2n) is 6.04. The van der Waals surface area contributed by atoms with Crippen molar-refractivity contribution in [2.24, 2.45) is 0 Å². The molecule has 2 amide bonds. The summed E-state index contributed by atoms with van der Waals surface area (Å²) in [7, 11) is 1.57. The molecule has 1 aliphatic heterocycles. The number of carbonyl (C=O) groups excluding carboxylic acids is 2. The summed E-state index contributed by atoms with van der Waals surface area (Å²) in [6.07, 6.45) is 4.56. The van der Waals surface area contributed by atoms with E-state index in [4.69, 9.17) is 9.15 Å². The molecule has 2 atom stereocenters. The molecule has 0 unspecified atom stereocenters. The van der Waals surface area contributed by atoms with Gasteiger partial charge in [-0.1, -0.05) is 12.2 Å². The third kappa shape index (κ3) is 5.17. The average Bonchev–Trinajstić information content (AvgIpc) is 3.20. The molecule has 2 N–H and O–H groups in total. The number of methoxy groups -OCH3 is 1.